The monoisotopic (exact) mass is 314 g/mol. The number of aliphatic hydroxyl groups excluding tert-OH is 1. The molecule has 0 fully saturated rings. The van der Waals surface area contributed by atoms with Crippen LogP contribution < -0.4 is 10.0 Å². The number of carbonyl (C=O) groups is 1. The van der Waals surface area contributed by atoms with E-state index in [1.165, 1.54) is 6.07 Å². The highest BCUT2D eigenvalue weighted by Crippen LogP contribution is 2.10. The van der Waals surface area contributed by atoms with Gasteiger partial charge >= 0.3 is 0 Å². The molecule has 0 atom stereocenters. The van der Waals surface area contributed by atoms with Crippen molar-refractivity contribution >= 4 is 15.9 Å². The zero-order chi connectivity index (χ0) is 15.9. The van der Waals surface area contributed by atoms with Crippen molar-refractivity contribution < 1.29 is 22.7 Å². The van der Waals surface area contributed by atoms with Crippen LogP contribution in [0.2, 0.25) is 0 Å². The first-order chi connectivity index (χ1) is 9.83. The molecule has 6 nitrogen and oxygen atoms in total. The fraction of sp³-hybridized carbons (Fsp3) is 0.308. The summed E-state index contributed by atoms with van der Waals surface area (Å²) in [5.41, 5.74) is 0.300. The van der Waals surface area contributed by atoms with Gasteiger partial charge in [0.1, 0.15) is 12.4 Å². The van der Waals surface area contributed by atoms with E-state index in [4.69, 9.17) is 5.11 Å². The quantitative estimate of drug-likeness (QED) is 0.502. The minimum absolute atomic E-state index is 0.0234. The number of nitrogens with one attached hydrogen (secondary N) is 2. The van der Waals surface area contributed by atoms with Crippen molar-refractivity contribution in [3.05, 3.63) is 35.1 Å². The maximum absolute atomic E-state index is 13.2. The van der Waals surface area contributed by atoms with E-state index >= 15 is 0 Å². The third kappa shape index (κ3) is 6.35. The van der Waals surface area contributed by atoms with Crippen molar-refractivity contribution in [2.24, 2.45) is 0 Å². The van der Waals surface area contributed by atoms with Gasteiger partial charge in [0, 0.05) is 18.7 Å². The second-order valence-electron chi connectivity index (χ2n) is 4.07. The van der Waals surface area contributed by atoms with Crippen molar-refractivity contribution in [2.75, 3.05) is 26.0 Å². The molecule has 114 valence electrons. The van der Waals surface area contributed by atoms with Crippen molar-refractivity contribution in [3.8, 4) is 11.8 Å². The molecule has 21 heavy (non-hydrogen) atoms. The van der Waals surface area contributed by atoms with Gasteiger partial charge in [-0.25, -0.2) is 17.5 Å². The van der Waals surface area contributed by atoms with E-state index < -0.39 is 21.7 Å². The normalized spacial score (nSPS) is 10.6. The van der Waals surface area contributed by atoms with Crippen LogP contribution in [-0.4, -0.2) is 45.4 Å². The number of benzene rings is 1. The molecule has 0 spiro atoms. The Morgan fingerprint density at radius 1 is 1.38 bits per heavy atom. The molecule has 1 amide bonds. The molecule has 0 aromatic heterocycles. The summed E-state index contributed by atoms with van der Waals surface area (Å²) in [5.74, 6) is 3.75. The second kappa shape index (κ2) is 7.73. The number of hydrogen-bond acceptors (Lipinski definition) is 4. The van der Waals surface area contributed by atoms with Crippen molar-refractivity contribution in [1.82, 2.24) is 10.0 Å². The minimum atomic E-state index is -3.33. The molecular weight excluding hydrogens is 299 g/mol. The second-order valence-corrected chi connectivity index (χ2v) is 5.91. The summed E-state index contributed by atoms with van der Waals surface area (Å²) in [6.45, 7) is -0.302. The molecule has 0 aliphatic rings. The van der Waals surface area contributed by atoms with Gasteiger partial charge in [0.15, 0.2) is 0 Å². The first-order valence-corrected chi connectivity index (χ1v) is 7.85. The number of amides is 1. The third-order valence-corrected chi connectivity index (χ3v) is 3.03. The zero-order valence-corrected chi connectivity index (χ0v) is 12.1. The zero-order valence-electron chi connectivity index (χ0n) is 11.3. The molecule has 1 aromatic carbocycles. The minimum Gasteiger partial charge on any atom is -0.384 e. The summed E-state index contributed by atoms with van der Waals surface area (Å²) in [7, 11) is -3.33. The van der Waals surface area contributed by atoms with Gasteiger partial charge in [-0.15, -0.1) is 0 Å². The summed E-state index contributed by atoms with van der Waals surface area (Å²) in [6.07, 6.45) is 1.00. The number of aliphatic hydroxyl groups is 1. The number of carbonyl (C=O) groups excluding carboxylic acids is 1. The molecule has 0 radical (unpaired) electrons. The lowest BCUT2D eigenvalue weighted by Gasteiger charge is -2.07. The van der Waals surface area contributed by atoms with E-state index in [0.717, 1.165) is 18.4 Å². The predicted molar refractivity (Wildman–Crippen MR) is 75.5 cm³/mol. The van der Waals surface area contributed by atoms with Gasteiger partial charge in [-0.1, -0.05) is 11.8 Å². The fourth-order valence-corrected chi connectivity index (χ4v) is 1.93. The van der Waals surface area contributed by atoms with Gasteiger partial charge < -0.3 is 10.4 Å². The van der Waals surface area contributed by atoms with Crippen LogP contribution in [0.1, 0.15) is 15.9 Å². The summed E-state index contributed by atoms with van der Waals surface area (Å²) in [4.78, 5) is 11.9. The summed E-state index contributed by atoms with van der Waals surface area (Å²) in [5, 5.41) is 11.1. The molecule has 1 aromatic rings. The third-order valence-electron chi connectivity index (χ3n) is 2.30. The summed E-state index contributed by atoms with van der Waals surface area (Å²) >= 11 is 0. The number of sulfonamides is 1. The van der Waals surface area contributed by atoms with Crippen molar-refractivity contribution in [2.45, 2.75) is 0 Å². The number of hydrogen-bond donors (Lipinski definition) is 3. The van der Waals surface area contributed by atoms with Crippen LogP contribution in [0.5, 0.6) is 0 Å². The average molecular weight is 314 g/mol. The number of halogens is 1. The SMILES string of the molecule is CS(=O)(=O)NCCNC(=O)c1cc(F)ccc1C#CCO. The van der Waals surface area contributed by atoms with E-state index in [1.807, 2.05) is 0 Å². The lowest BCUT2D eigenvalue weighted by atomic mass is 10.1. The van der Waals surface area contributed by atoms with E-state index in [0.29, 0.717) is 0 Å². The Morgan fingerprint density at radius 2 is 2.10 bits per heavy atom. The molecule has 0 aliphatic carbocycles. The van der Waals surface area contributed by atoms with Gasteiger partial charge in [-0.2, -0.15) is 0 Å². The molecule has 0 bridgehead atoms. The molecule has 0 heterocycles. The Balaban J connectivity index is 2.75. The summed E-state index contributed by atoms with van der Waals surface area (Å²) in [6, 6.07) is 3.52. The Hall–Kier alpha value is -1.95. The van der Waals surface area contributed by atoms with Gasteiger partial charge in [0.25, 0.3) is 5.91 Å². The standard InChI is InChI=1S/C13H15FN2O4S/c1-21(19,20)16-7-6-15-13(18)12-9-11(14)5-4-10(12)3-2-8-17/h4-5,9,16-17H,6-8H2,1H3,(H,15,18). The van der Waals surface area contributed by atoms with Crippen LogP contribution >= 0.6 is 0 Å². The molecule has 0 aliphatic heterocycles. The van der Waals surface area contributed by atoms with Crippen LogP contribution in [0.15, 0.2) is 18.2 Å². The Labute approximate surface area is 122 Å². The average Bonchev–Trinajstić information content (AvgIpc) is 2.41. The van der Waals surface area contributed by atoms with Gasteiger partial charge in [-0.05, 0) is 18.2 Å². The lowest BCUT2D eigenvalue weighted by Crippen LogP contribution is -2.34. The molecule has 8 heteroatoms. The summed E-state index contributed by atoms with van der Waals surface area (Å²) < 4.78 is 37.1. The van der Waals surface area contributed by atoms with Crippen LogP contribution in [0, 0.1) is 17.7 Å². The Bertz CT molecular complexity index is 677. The Morgan fingerprint density at radius 3 is 2.71 bits per heavy atom. The maximum Gasteiger partial charge on any atom is 0.252 e. The largest absolute Gasteiger partial charge is 0.384 e. The lowest BCUT2D eigenvalue weighted by molar-refractivity contribution is 0.0953. The maximum atomic E-state index is 13.2. The van der Waals surface area contributed by atoms with E-state index in [-0.39, 0.29) is 30.8 Å². The first-order valence-electron chi connectivity index (χ1n) is 5.95. The van der Waals surface area contributed by atoms with Crippen LogP contribution in [0.25, 0.3) is 0 Å². The van der Waals surface area contributed by atoms with Crippen molar-refractivity contribution in [1.29, 1.82) is 0 Å². The highest BCUT2D eigenvalue weighted by Gasteiger charge is 2.11. The van der Waals surface area contributed by atoms with E-state index in [9.17, 15) is 17.6 Å². The highest BCUT2D eigenvalue weighted by atomic mass is 32.2. The van der Waals surface area contributed by atoms with Gasteiger partial charge in [0.05, 0.1) is 11.8 Å². The highest BCUT2D eigenvalue weighted by molar-refractivity contribution is 7.88. The molecule has 0 unspecified atom stereocenters. The molecule has 0 saturated heterocycles. The molecule has 1 rings (SSSR count). The fourth-order valence-electron chi connectivity index (χ4n) is 1.46. The molecule has 3 N–H and O–H groups in total. The van der Waals surface area contributed by atoms with E-state index in [1.54, 1.807) is 0 Å². The van der Waals surface area contributed by atoms with E-state index in [2.05, 4.69) is 21.9 Å². The van der Waals surface area contributed by atoms with Crippen LogP contribution in [0.4, 0.5) is 4.39 Å². The topological polar surface area (TPSA) is 95.5 Å². The first kappa shape index (κ1) is 17.1. The van der Waals surface area contributed by atoms with Gasteiger partial charge in [0.2, 0.25) is 10.0 Å². The molecular formula is C13H15FN2O4S. The molecule has 0 saturated carbocycles. The predicted octanol–water partition coefficient (Wildman–Crippen LogP) is -0.552. The van der Waals surface area contributed by atoms with Crippen LogP contribution in [-0.2, 0) is 10.0 Å². The Kier molecular flexibility index (Phi) is 6.30. The number of rotatable bonds is 5. The van der Waals surface area contributed by atoms with Crippen LogP contribution in [0.3, 0.4) is 0 Å². The van der Waals surface area contributed by atoms with Crippen molar-refractivity contribution in [3.63, 3.8) is 0 Å². The smallest absolute Gasteiger partial charge is 0.252 e. The van der Waals surface area contributed by atoms with Gasteiger partial charge in [-0.3, -0.25) is 4.79 Å².